The molecule has 0 bridgehead atoms. The molecule has 1 amide bonds. The molecule has 140 valence electrons. The van der Waals surface area contributed by atoms with Crippen molar-refractivity contribution in [3.8, 4) is 0 Å². The third-order valence-corrected chi connectivity index (χ3v) is 8.36. The second kappa shape index (κ2) is 7.32. The lowest BCUT2D eigenvalue weighted by Gasteiger charge is -2.25. The van der Waals surface area contributed by atoms with Crippen LogP contribution < -0.4 is 4.90 Å². The summed E-state index contributed by atoms with van der Waals surface area (Å²) in [5.74, 6) is -1.50. The number of aliphatic imine (C=N–C) groups is 1. The van der Waals surface area contributed by atoms with Crippen molar-refractivity contribution in [3.05, 3.63) is 28.2 Å². The summed E-state index contributed by atoms with van der Waals surface area (Å²) < 4.78 is 25.0. The highest BCUT2D eigenvalue weighted by atomic mass is 79.9. The van der Waals surface area contributed by atoms with Crippen LogP contribution in [0.1, 0.15) is 18.4 Å². The SMILES string of the molecule is Cc1cc(N2C(=NC(=O)CCC(=O)O)S[C@@H]3CS(=O)(=O)C[C@@H]32)ccc1Br. The monoisotopic (exact) mass is 460 g/mol. The zero-order valence-corrected chi connectivity index (χ0v) is 17.1. The van der Waals surface area contributed by atoms with E-state index in [4.69, 9.17) is 5.11 Å². The van der Waals surface area contributed by atoms with Gasteiger partial charge in [0.2, 0.25) is 5.91 Å². The van der Waals surface area contributed by atoms with Crippen molar-refractivity contribution in [2.45, 2.75) is 31.1 Å². The molecule has 2 aliphatic rings. The zero-order chi connectivity index (χ0) is 19.1. The Morgan fingerprint density at radius 1 is 1.35 bits per heavy atom. The first-order chi connectivity index (χ1) is 12.2. The van der Waals surface area contributed by atoms with Crippen LogP contribution in [0.2, 0.25) is 0 Å². The highest BCUT2D eigenvalue weighted by Crippen LogP contribution is 2.41. The number of thioether (sulfide) groups is 1. The molecule has 2 atom stereocenters. The third kappa shape index (κ3) is 4.12. The topological polar surface area (TPSA) is 104 Å². The van der Waals surface area contributed by atoms with Gasteiger partial charge in [0.1, 0.15) is 0 Å². The summed E-state index contributed by atoms with van der Waals surface area (Å²) in [5, 5.41) is 8.96. The Morgan fingerprint density at radius 2 is 2.08 bits per heavy atom. The van der Waals surface area contributed by atoms with E-state index in [1.165, 1.54) is 11.8 Å². The predicted molar refractivity (Wildman–Crippen MR) is 104 cm³/mol. The summed E-state index contributed by atoms with van der Waals surface area (Å²) in [6, 6.07) is 5.35. The fourth-order valence-electron chi connectivity index (χ4n) is 3.02. The van der Waals surface area contributed by atoms with Crippen LogP contribution in [-0.2, 0) is 19.4 Å². The number of rotatable bonds is 4. The molecule has 0 aliphatic carbocycles. The Kier molecular flexibility index (Phi) is 5.45. The highest BCUT2D eigenvalue weighted by Gasteiger charge is 2.49. The third-order valence-electron chi connectivity index (χ3n) is 4.26. The lowest BCUT2D eigenvalue weighted by atomic mass is 10.1. The maximum absolute atomic E-state index is 12.0. The molecule has 0 saturated carbocycles. The van der Waals surface area contributed by atoms with E-state index >= 15 is 0 Å². The Hall–Kier alpha value is -1.39. The van der Waals surface area contributed by atoms with E-state index in [0.717, 1.165) is 15.7 Å². The minimum absolute atomic E-state index is 0.0160. The fraction of sp³-hybridized carbons (Fsp3) is 0.438. The van der Waals surface area contributed by atoms with Gasteiger partial charge in [-0.1, -0.05) is 27.7 Å². The fourth-order valence-corrected chi connectivity index (χ4v) is 7.20. The maximum Gasteiger partial charge on any atom is 0.303 e. The van der Waals surface area contributed by atoms with Gasteiger partial charge in [-0.2, -0.15) is 4.99 Å². The first kappa shape index (κ1) is 19.4. The minimum atomic E-state index is -3.13. The molecule has 0 radical (unpaired) electrons. The number of carbonyl (C=O) groups excluding carboxylic acids is 1. The number of fused-ring (bicyclic) bond motifs is 1. The molecule has 1 aromatic rings. The van der Waals surface area contributed by atoms with Gasteiger partial charge in [-0.05, 0) is 30.7 Å². The average molecular weight is 461 g/mol. The molecule has 0 spiro atoms. The number of carbonyl (C=O) groups is 2. The standard InChI is InChI=1S/C16H17BrN2O5S2/c1-9-6-10(2-3-11(9)17)19-12-7-26(23,24)8-13(12)25-16(19)18-14(20)4-5-15(21)22/h2-3,6,12-13H,4-5,7-8H2,1H3,(H,21,22)/t12-,13+/m0/s1. The molecule has 0 aromatic heterocycles. The first-order valence-corrected chi connectivity index (χ1v) is 11.4. The summed E-state index contributed by atoms with van der Waals surface area (Å²) in [6.45, 7) is 1.93. The first-order valence-electron chi connectivity index (χ1n) is 7.92. The van der Waals surface area contributed by atoms with Crippen LogP contribution in [0.3, 0.4) is 0 Å². The Labute approximate surface area is 163 Å². The molecular formula is C16H17BrN2O5S2. The van der Waals surface area contributed by atoms with Gasteiger partial charge in [0.15, 0.2) is 15.0 Å². The number of anilines is 1. The maximum atomic E-state index is 12.0. The summed E-state index contributed by atoms with van der Waals surface area (Å²) in [5.41, 5.74) is 1.75. The number of hydrogen-bond acceptors (Lipinski definition) is 5. The van der Waals surface area contributed by atoms with Gasteiger partial charge < -0.3 is 10.0 Å². The van der Waals surface area contributed by atoms with Crippen LogP contribution >= 0.6 is 27.7 Å². The van der Waals surface area contributed by atoms with Crippen molar-refractivity contribution in [2.24, 2.45) is 4.99 Å². The van der Waals surface area contributed by atoms with Gasteiger partial charge in [0.25, 0.3) is 0 Å². The van der Waals surface area contributed by atoms with E-state index < -0.39 is 21.7 Å². The van der Waals surface area contributed by atoms with Gasteiger partial charge in [-0.3, -0.25) is 9.59 Å². The Balaban J connectivity index is 1.94. The van der Waals surface area contributed by atoms with E-state index in [-0.39, 0.29) is 35.6 Å². The summed E-state index contributed by atoms with van der Waals surface area (Å²) in [7, 11) is -3.13. The Bertz CT molecular complexity index is 900. The molecule has 2 fully saturated rings. The number of amides is 1. The zero-order valence-electron chi connectivity index (χ0n) is 13.9. The number of amidine groups is 1. The van der Waals surface area contributed by atoms with Crippen molar-refractivity contribution < 1.29 is 23.1 Å². The van der Waals surface area contributed by atoms with E-state index in [0.29, 0.717) is 5.17 Å². The molecule has 26 heavy (non-hydrogen) atoms. The number of sulfone groups is 1. The van der Waals surface area contributed by atoms with Crippen LogP contribution in [0.15, 0.2) is 27.7 Å². The molecule has 2 heterocycles. The van der Waals surface area contributed by atoms with Crippen LogP contribution in [-0.4, -0.2) is 53.4 Å². The highest BCUT2D eigenvalue weighted by molar-refractivity contribution is 9.10. The number of carboxylic acid groups (broad SMARTS) is 1. The number of hydrogen-bond donors (Lipinski definition) is 1. The number of aliphatic carboxylic acids is 1. The van der Waals surface area contributed by atoms with Crippen molar-refractivity contribution in [1.82, 2.24) is 0 Å². The second-order valence-electron chi connectivity index (χ2n) is 6.29. The summed E-state index contributed by atoms with van der Waals surface area (Å²) >= 11 is 4.72. The molecule has 0 unspecified atom stereocenters. The van der Waals surface area contributed by atoms with Gasteiger partial charge in [-0.15, -0.1) is 0 Å². The van der Waals surface area contributed by atoms with Gasteiger partial charge >= 0.3 is 5.97 Å². The minimum Gasteiger partial charge on any atom is -0.481 e. The van der Waals surface area contributed by atoms with E-state index in [1.807, 2.05) is 25.1 Å². The number of halogens is 1. The van der Waals surface area contributed by atoms with Crippen molar-refractivity contribution >= 4 is 60.3 Å². The Morgan fingerprint density at radius 3 is 2.73 bits per heavy atom. The molecule has 2 aliphatic heterocycles. The summed E-state index contributed by atoms with van der Waals surface area (Å²) in [4.78, 5) is 28.6. The molecule has 1 N–H and O–H groups in total. The molecule has 1 aromatic carbocycles. The number of carboxylic acids is 1. The number of nitrogens with zero attached hydrogens (tertiary/aromatic N) is 2. The molecule has 7 nitrogen and oxygen atoms in total. The predicted octanol–water partition coefficient (Wildman–Crippen LogP) is 2.22. The lowest BCUT2D eigenvalue weighted by Crippen LogP contribution is -2.37. The lowest BCUT2D eigenvalue weighted by molar-refractivity contribution is -0.138. The van der Waals surface area contributed by atoms with E-state index in [2.05, 4.69) is 20.9 Å². The molecular weight excluding hydrogens is 444 g/mol. The quantitative estimate of drug-likeness (QED) is 0.733. The van der Waals surface area contributed by atoms with Crippen molar-refractivity contribution in [1.29, 1.82) is 0 Å². The van der Waals surface area contributed by atoms with Crippen LogP contribution in [0.5, 0.6) is 0 Å². The normalized spacial score (nSPS) is 25.5. The molecule has 10 heteroatoms. The smallest absolute Gasteiger partial charge is 0.303 e. The second-order valence-corrected chi connectivity index (χ2v) is 10.5. The number of benzene rings is 1. The summed E-state index contributed by atoms with van der Waals surface area (Å²) in [6.07, 6.45) is -0.459. The average Bonchev–Trinajstić information content (AvgIpc) is 2.99. The van der Waals surface area contributed by atoms with Crippen molar-refractivity contribution in [2.75, 3.05) is 16.4 Å². The van der Waals surface area contributed by atoms with Crippen LogP contribution in [0, 0.1) is 6.92 Å². The molecule has 2 saturated heterocycles. The largest absolute Gasteiger partial charge is 0.481 e. The van der Waals surface area contributed by atoms with Crippen LogP contribution in [0.4, 0.5) is 5.69 Å². The number of aryl methyl sites for hydroxylation is 1. The van der Waals surface area contributed by atoms with Crippen molar-refractivity contribution in [3.63, 3.8) is 0 Å². The van der Waals surface area contributed by atoms with E-state index in [1.54, 1.807) is 4.90 Å². The van der Waals surface area contributed by atoms with E-state index in [9.17, 15) is 18.0 Å². The van der Waals surface area contributed by atoms with Gasteiger partial charge in [-0.25, -0.2) is 8.42 Å². The molecule has 3 rings (SSSR count). The van der Waals surface area contributed by atoms with Gasteiger partial charge in [0.05, 0.1) is 24.0 Å². The van der Waals surface area contributed by atoms with Crippen LogP contribution in [0.25, 0.3) is 0 Å². The van der Waals surface area contributed by atoms with Gasteiger partial charge in [0, 0.05) is 21.8 Å².